The molecule has 4 aliphatic rings. The van der Waals surface area contributed by atoms with Gasteiger partial charge >= 0.3 is 169 Å². The summed E-state index contributed by atoms with van der Waals surface area (Å²) in [6, 6.07) is 20.8. The molecular formula is C24H21F2HfP. The largest absolute Gasteiger partial charge is 1.00 e. The van der Waals surface area contributed by atoms with Crippen molar-refractivity contribution < 1.29 is 32.3 Å². The molecule has 6 unspecified atom stereocenters. The van der Waals surface area contributed by atoms with Gasteiger partial charge in [0.25, 0.3) is 0 Å². The van der Waals surface area contributed by atoms with Crippen molar-refractivity contribution in [3.63, 3.8) is 0 Å². The van der Waals surface area contributed by atoms with Crippen LogP contribution in [0.1, 0.15) is 21.2 Å². The minimum absolute atomic E-state index is 0. The van der Waals surface area contributed by atoms with Crippen molar-refractivity contribution in [2.24, 2.45) is 11.8 Å². The van der Waals surface area contributed by atoms with Crippen LogP contribution < -0.4 is 14.7 Å². The summed E-state index contributed by atoms with van der Waals surface area (Å²) in [5, 5.41) is 3.46. The summed E-state index contributed by atoms with van der Waals surface area (Å²) >= 11 is -0.793. The van der Waals surface area contributed by atoms with Gasteiger partial charge in [0, 0.05) is 0 Å². The van der Waals surface area contributed by atoms with Gasteiger partial charge in [-0.25, -0.2) is 0 Å². The Labute approximate surface area is 177 Å². The number of halogens is 2. The van der Waals surface area contributed by atoms with Crippen LogP contribution in [0.15, 0.2) is 84.2 Å². The first-order valence-corrected chi connectivity index (χ1v) is 15.2. The average Bonchev–Trinajstić information content (AvgIpc) is 3.25. The number of allylic oxidation sites excluding steroid dienone is 5. The van der Waals surface area contributed by atoms with E-state index in [1.807, 2.05) is 5.31 Å². The van der Waals surface area contributed by atoms with Crippen molar-refractivity contribution >= 4 is 19.3 Å². The van der Waals surface area contributed by atoms with Gasteiger partial charge in [0.2, 0.25) is 0 Å². The zero-order valence-corrected chi connectivity index (χ0v) is 19.9. The molecule has 1 aliphatic heterocycles. The zero-order chi connectivity index (χ0) is 17.1. The van der Waals surface area contributed by atoms with Gasteiger partial charge < -0.3 is 9.41 Å². The van der Waals surface area contributed by atoms with E-state index in [1.165, 1.54) is 12.0 Å². The Balaban J connectivity index is 0.000000961. The van der Waals surface area contributed by atoms with Gasteiger partial charge in [0.05, 0.1) is 0 Å². The topological polar surface area (TPSA) is 0 Å². The Kier molecular flexibility index (Phi) is 5.69. The predicted molar refractivity (Wildman–Crippen MR) is 108 cm³/mol. The molecule has 0 spiro atoms. The molecule has 6 atom stereocenters. The van der Waals surface area contributed by atoms with Crippen LogP contribution >= 0.6 is 7.92 Å². The van der Waals surface area contributed by atoms with E-state index in [0.29, 0.717) is 0 Å². The molecule has 3 aliphatic carbocycles. The molecular weight excluding hydrogens is 536 g/mol. The summed E-state index contributed by atoms with van der Waals surface area (Å²) < 4.78 is 1.87. The van der Waals surface area contributed by atoms with Crippen LogP contribution in [0.2, 0.25) is 3.67 Å². The minimum atomic E-state index is -0.793. The molecule has 0 aromatic heterocycles. The average molecular weight is 557 g/mol. The number of fused-ring (bicyclic) bond motifs is 6. The van der Waals surface area contributed by atoms with E-state index in [-0.39, 0.29) is 17.3 Å². The quantitative estimate of drug-likeness (QED) is 0.341. The van der Waals surface area contributed by atoms with Gasteiger partial charge in [0.15, 0.2) is 0 Å². The summed E-state index contributed by atoms with van der Waals surface area (Å²) in [6.07, 6.45) is 13.7. The Bertz CT molecular complexity index is 952. The molecule has 1 heterocycles. The van der Waals surface area contributed by atoms with Gasteiger partial charge in [-0.15, -0.1) is 0 Å². The Morgan fingerprint density at radius 3 is 2.46 bits per heavy atom. The molecule has 140 valence electrons. The van der Waals surface area contributed by atoms with Crippen LogP contribution in [-0.4, -0.2) is 5.66 Å². The second-order valence-electron chi connectivity index (χ2n) is 7.84. The fourth-order valence-electron chi connectivity index (χ4n) is 5.47. The van der Waals surface area contributed by atoms with Crippen molar-refractivity contribution in [1.82, 2.24) is 0 Å². The number of hydrogen-bond acceptors (Lipinski definition) is 0. The van der Waals surface area contributed by atoms with Gasteiger partial charge in [-0.2, -0.15) is 0 Å². The Hall–Kier alpha value is -1.18. The van der Waals surface area contributed by atoms with Gasteiger partial charge in [-0.1, -0.05) is 0 Å². The van der Waals surface area contributed by atoms with Gasteiger partial charge in [-0.3, -0.25) is 0 Å². The molecule has 2 aromatic rings. The van der Waals surface area contributed by atoms with E-state index >= 15 is 0 Å². The third kappa shape index (κ3) is 2.97. The maximum absolute atomic E-state index is 2.61. The zero-order valence-electron chi connectivity index (χ0n) is 15.4. The van der Waals surface area contributed by atoms with Crippen LogP contribution in [0.5, 0.6) is 0 Å². The van der Waals surface area contributed by atoms with Crippen molar-refractivity contribution in [1.29, 1.82) is 0 Å². The van der Waals surface area contributed by atoms with E-state index in [2.05, 4.69) is 85.0 Å². The second kappa shape index (κ2) is 7.92. The number of rotatable bonds is 1. The van der Waals surface area contributed by atoms with Crippen LogP contribution in [0.3, 0.4) is 0 Å². The third-order valence-corrected chi connectivity index (χ3v) is 19.1. The van der Waals surface area contributed by atoms with Crippen molar-refractivity contribution in [2.45, 2.75) is 19.4 Å². The number of hydrogen-bond donors (Lipinski definition) is 0. The minimum Gasteiger partial charge on any atom is -1.00 e. The molecule has 0 bridgehead atoms. The molecule has 2 fully saturated rings. The van der Waals surface area contributed by atoms with Crippen molar-refractivity contribution in [2.75, 3.05) is 0 Å². The van der Waals surface area contributed by atoms with E-state index < -0.39 is 22.9 Å². The molecule has 4 heteroatoms. The maximum atomic E-state index is 2.61. The van der Waals surface area contributed by atoms with Crippen LogP contribution in [0, 0.1) is 11.8 Å². The first kappa shape index (κ1) is 20.1. The molecule has 28 heavy (non-hydrogen) atoms. The Morgan fingerprint density at radius 1 is 0.857 bits per heavy atom. The maximum Gasteiger partial charge on any atom is -1.00 e. The van der Waals surface area contributed by atoms with Crippen molar-refractivity contribution in [3.05, 3.63) is 95.3 Å². The van der Waals surface area contributed by atoms with Crippen molar-refractivity contribution in [3.8, 4) is 0 Å². The molecule has 0 amide bonds. The Morgan fingerprint density at radius 2 is 1.61 bits per heavy atom. The first-order chi connectivity index (χ1) is 12.9. The molecule has 0 nitrogen and oxygen atoms in total. The summed E-state index contributed by atoms with van der Waals surface area (Å²) in [6.45, 7) is 0. The second-order valence-corrected chi connectivity index (χ2v) is 15.9. The fraction of sp³-hybridized carbons (Fsp3) is 0.250. The molecule has 2 aromatic carbocycles. The van der Waals surface area contributed by atoms with Crippen LogP contribution in [-0.2, 0) is 22.9 Å². The van der Waals surface area contributed by atoms with Gasteiger partial charge in [0.1, 0.15) is 0 Å². The SMILES string of the molecule is C1=CC2CC3[CH]([Hf+2][CH]4C(=Cc5ccccc54)P3c3ccccc3)C2C=C1.[F-].[F-]. The molecule has 0 radical (unpaired) electrons. The van der Waals surface area contributed by atoms with Gasteiger partial charge in [-0.05, 0) is 0 Å². The third-order valence-electron chi connectivity index (χ3n) is 6.55. The monoisotopic (exact) mass is 558 g/mol. The first-order valence-electron chi connectivity index (χ1n) is 9.66. The van der Waals surface area contributed by atoms with E-state index in [9.17, 15) is 0 Å². The van der Waals surface area contributed by atoms with E-state index in [4.69, 9.17) is 0 Å². The standard InChI is InChI=1S/C24H21P.2FH.Hf/c1-2-12-22(13-3-1)25(23-14-18-8-4-5-9-19(18)15-23)24-16-20-10-6-7-11-21(20)17-24;;;/h1-16,20-21,24H,17H2;2*1H;/q;;;+2/p-2. The molecule has 0 N–H and O–H groups in total. The molecule has 1 saturated heterocycles. The predicted octanol–water partition coefficient (Wildman–Crippen LogP) is -0.0871. The molecule has 6 rings (SSSR count). The number of benzene rings is 2. The molecule has 1 saturated carbocycles. The normalized spacial score (nSPS) is 32.9. The summed E-state index contributed by atoms with van der Waals surface area (Å²) in [7, 11) is -0.189. The van der Waals surface area contributed by atoms with E-state index in [0.717, 1.165) is 24.8 Å². The van der Waals surface area contributed by atoms with E-state index in [1.54, 1.807) is 10.9 Å². The summed E-state index contributed by atoms with van der Waals surface area (Å²) in [4.78, 5) is 0. The summed E-state index contributed by atoms with van der Waals surface area (Å²) in [5.74, 6) is 1.65. The smallest absolute Gasteiger partial charge is 1.00 e. The van der Waals surface area contributed by atoms with Crippen LogP contribution in [0.4, 0.5) is 0 Å². The summed E-state index contributed by atoms with van der Waals surface area (Å²) in [5.41, 5.74) is 4.13. The van der Waals surface area contributed by atoms with Crippen LogP contribution in [0.25, 0.3) is 6.08 Å². The fourth-order valence-corrected chi connectivity index (χ4v) is 20.4.